The number of benzene rings is 1. The fourth-order valence-corrected chi connectivity index (χ4v) is 2.55. The summed E-state index contributed by atoms with van der Waals surface area (Å²) < 4.78 is 0. The van der Waals surface area contributed by atoms with E-state index in [1.807, 2.05) is 12.3 Å². The third-order valence-corrected chi connectivity index (χ3v) is 3.49. The van der Waals surface area contributed by atoms with Gasteiger partial charge < -0.3 is 5.32 Å². The van der Waals surface area contributed by atoms with Crippen LogP contribution in [0.5, 0.6) is 0 Å². The van der Waals surface area contributed by atoms with Crippen molar-refractivity contribution >= 4 is 10.9 Å². The molecular formula is C18H26N2. The Hall–Kier alpha value is -1.41. The highest BCUT2D eigenvalue weighted by molar-refractivity contribution is 5.79. The number of hydrogen-bond donors (Lipinski definition) is 1. The van der Waals surface area contributed by atoms with Crippen LogP contribution in [0.25, 0.3) is 10.9 Å². The van der Waals surface area contributed by atoms with Gasteiger partial charge in [-0.25, -0.2) is 0 Å². The van der Waals surface area contributed by atoms with E-state index in [-0.39, 0.29) is 0 Å². The molecule has 0 aliphatic rings. The SMILES string of the molecule is CCCNC(CC(C)(C)C)c1ccc2ncccc2c1. The molecule has 2 nitrogen and oxygen atoms in total. The number of nitrogens with one attached hydrogen (secondary N) is 1. The van der Waals surface area contributed by atoms with Crippen LogP contribution in [0.4, 0.5) is 0 Å². The second kappa shape index (κ2) is 6.36. The van der Waals surface area contributed by atoms with Crippen molar-refractivity contribution in [3.63, 3.8) is 0 Å². The molecule has 0 amide bonds. The van der Waals surface area contributed by atoms with Gasteiger partial charge in [-0.1, -0.05) is 39.8 Å². The Labute approximate surface area is 122 Å². The van der Waals surface area contributed by atoms with Gasteiger partial charge >= 0.3 is 0 Å². The normalized spacial score (nSPS) is 13.6. The fraction of sp³-hybridized carbons (Fsp3) is 0.500. The van der Waals surface area contributed by atoms with Crippen molar-refractivity contribution in [2.45, 2.75) is 46.6 Å². The van der Waals surface area contributed by atoms with Crippen LogP contribution in [0.15, 0.2) is 36.5 Å². The molecule has 0 saturated carbocycles. The van der Waals surface area contributed by atoms with Crippen molar-refractivity contribution in [1.82, 2.24) is 10.3 Å². The summed E-state index contributed by atoms with van der Waals surface area (Å²) in [6.07, 6.45) is 4.15. The molecule has 0 aliphatic heterocycles. The molecule has 20 heavy (non-hydrogen) atoms. The number of hydrogen-bond acceptors (Lipinski definition) is 2. The van der Waals surface area contributed by atoms with Gasteiger partial charge in [0.2, 0.25) is 0 Å². The van der Waals surface area contributed by atoms with Crippen LogP contribution in [0, 0.1) is 5.41 Å². The molecule has 1 aromatic carbocycles. The first-order chi connectivity index (χ1) is 9.49. The topological polar surface area (TPSA) is 24.9 Å². The molecule has 0 saturated heterocycles. The Kier molecular flexibility index (Phi) is 4.77. The van der Waals surface area contributed by atoms with Crippen molar-refractivity contribution < 1.29 is 0 Å². The average Bonchev–Trinajstić information content (AvgIpc) is 2.41. The Balaban J connectivity index is 2.29. The van der Waals surface area contributed by atoms with Crippen LogP contribution in [0.1, 0.15) is 52.1 Å². The van der Waals surface area contributed by atoms with Crippen molar-refractivity contribution in [3.05, 3.63) is 42.1 Å². The molecule has 0 radical (unpaired) electrons. The number of aromatic nitrogens is 1. The molecule has 1 N–H and O–H groups in total. The summed E-state index contributed by atoms with van der Waals surface area (Å²) in [6, 6.07) is 11.2. The summed E-state index contributed by atoms with van der Waals surface area (Å²) in [4.78, 5) is 4.40. The third kappa shape index (κ3) is 4.04. The van der Waals surface area contributed by atoms with E-state index < -0.39 is 0 Å². The molecule has 2 heteroatoms. The Morgan fingerprint density at radius 1 is 1.20 bits per heavy atom. The molecule has 2 aromatic rings. The van der Waals surface area contributed by atoms with E-state index in [9.17, 15) is 0 Å². The standard InChI is InChI=1S/C18H26N2/c1-5-10-19-17(13-18(2,3)4)15-8-9-16-14(12-15)7-6-11-20-16/h6-9,11-12,17,19H,5,10,13H2,1-4H3. The van der Waals surface area contributed by atoms with Crippen LogP contribution in [0.2, 0.25) is 0 Å². The minimum Gasteiger partial charge on any atom is -0.310 e. The first-order valence-corrected chi connectivity index (χ1v) is 7.57. The maximum Gasteiger partial charge on any atom is 0.0702 e. The van der Waals surface area contributed by atoms with E-state index in [1.165, 1.54) is 10.9 Å². The molecule has 0 fully saturated rings. The van der Waals surface area contributed by atoms with Crippen molar-refractivity contribution in [1.29, 1.82) is 0 Å². The van der Waals surface area contributed by atoms with Crippen molar-refractivity contribution in [3.8, 4) is 0 Å². The van der Waals surface area contributed by atoms with E-state index in [0.717, 1.165) is 24.9 Å². The van der Waals surface area contributed by atoms with Crippen LogP contribution >= 0.6 is 0 Å². The first kappa shape index (κ1) is 15.0. The lowest BCUT2D eigenvalue weighted by Crippen LogP contribution is -2.26. The molecule has 1 atom stereocenters. The zero-order chi connectivity index (χ0) is 14.6. The predicted octanol–water partition coefficient (Wildman–Crippen LogP) is 4.71. The lowest BCUT2D eigenvalue weighted by molar-refractivity contribution is 0.312. The summed E-state index contributed by atoms with van der Waals surface area (Å²) >= 11 is 0. The molecule has 108 valence electrons. The lowest BCUT2D eigenvalue weighted by Gasteiger charge is -2.27. The average molecular weight is 270 g/mol. The maximum absolute atomic E-state index is 4.40. The second-order valence-electron chi connectivity index (χ2n) is 6.73. The number of pyridine rings is 1. The van der Waals surface area contributed by atoms with Gasteiger partial charge in [0.05, 0.1) is 5.52 Å². The number of fused-ring (bicyclic) bond motifs is 1. The monoisotopic (exact) mass is 270 g/mol. The Morgan fingerprint density at radius 3 is 2.70 bits per heavy atom. The smallest absolute Gasteiger partial charge is 0.0702 e. The zero-order valence-electron chi connectivity index (χ0n) is 13.1. The summed E-state index contributed by atoms with van der Waals surface area (Å²) in [6.45, 7) is 10.2. The molecule has 1 heterocycles. The van der Waals surface area contributed by atoms with Gasteiger partial charge in [-0.3, -0.25) is 4.98 Å². The van der Waals surface area contributed by atoms with E-state index in [0.29, 0.717) is 11.5 Å². The third-order valence-electron chi connectivity index (χ3n) is 3.49. The van der Waals surface area contributed by atoms with Gasteiger partial charge in [0.15, 0.2) is 0 Å². The molecule has 1 unspecified atom stereocenters. The van der Waals surface area contributed by atoms with Gasteiger partial charge in [-0.2, -0.15) is 0 Å². The van der Waals surface area contributed by atoms with Crippen LogP contribution in [-0.4, -0.2) is 11.5 Å². The van der Waals surface area contributed by atoms with Crippen LogP contribution in [-0.2, 0) is 0 Å². The van der Waals surface area contributed by atoms with Crippen molar-refractivity contribution in [2.75, 3.05) is 6.54 Å². The summed E-state index contributed by atoms with van der Waals surface area (Å²) in [5.41, 5.74) is 2.75. The highest BCUT2D eigenvalue weighted by Gasteiger charge is 2.19. The minimum absolute atomic E-state index is 0.315. The molecular weight excluding hydrogens is 244 g/mol. The van der Waals surface area contributed by atoms with Gasteiger partial charge in [-0.05, 0) is 48.6 Å². The van der Waals surface area contributed by atoms with Crippen LogP contribution < -0.4 is 5.32 Å². The van der Waals surface area contributed by atoms with Gasteiger partial charge in [-0.15, -0.1) is 0 Å². The Bertz CT molecular complexity index is 555. The van der Waals surface area contributed by atoms with E-state index in [2.05, 4.69) is 62.3 Å². The minimum atomic E-state index is 0.315. The van der Waals surface area contributed by atoms with Crippen molar-refractivity contribution in [2.24, 2.45) is 5.41 Å². The van der Waals surface area contributed by atoms with Gasteiger partial charge in [0.25, 0.3) is 0 Å². The molecule has 0 spiro atoms. The van der Waals surface area contributed by atoms with Crippen LogP contribution in [0.3, 0.4) is 0 Å². The zero-order valence-corrected chi connectivity index (χ0v) is 13.1. The summed E-state index contributed by atoms with van der Waals surface area (Å²) in [5.74, 6) is 0. The largest absolute Gasteiger partial charge is 0.310 e. The summed E-state index contributed by atoms with van der Waals surface area (Å²) in [7, 11) is 0. The quantitative estimate of drug-likeness (QED) is 0.851. The number of nitrogens with zero attached hydrogens (tertiary/aromatic N) is 1. The highest BCUT2D eigenvalue weighted by Crippen LogP contribution is 2.30. The predicted molar refractivity (Wildman–Crippen MR) is 86.8 cm³/mol. The number of rotatable bonds is 5. The fourth-order valence-electron chi connectivity index (χ4n) is 2.55. The van der Waals surface area contributed by atoms with E-state index >= 15 is 0 Å². The molecule has 0 aliphatic carbocycles. The highest BCUT2D eigenvalue weighted by atomic mass is 14.9. The van der Waals surface area contributed by atoms with E-state index in [4.69, 9.17) is 0 Å². The summed E-state index contributed by atoms with van der Waals surface area (Å²) in [5, 5.41) is 4.91. The second-order valence-corrected chi connectivity index (χ2v) is 6.73. The van der Waals surface area contributed by atoms with Gasteiger partial charge in [0, 0.05) is 17.6 Å². The van der Waals surface area contributed by atoms with E-state index in [1.54, 1.807) is 0 Å². The van der Waals surface area contributed by atoms with Gasteiger partial charge in [0.1, 0.15) is 0 Å². The maximum atomic E-state index is 4.40. The molecule has 0 bridgehead atoms. The molecule has 2 rings (SSSR count). The first-order valence-electron chi connectivity index (χ1n) is 7.57. The Morgan fingerprint density at radius 2 is 2.00 bits per heavy atom. The molecule has 1 aromatic heterocycles. The lowest BCUT2D eigenvalue weighted by atomic mass is 9.85.